The van der Waals surface area contributed by atoms with Crippen molar-refractivity contribution in [3.63, 3.8) is 0 Å². The first kappa shape index (κ1) is 11.7. The molecule has 1 aromatic carbocycles. The number of halogens is 1. The molecule has 3 nitrogen and oxygen atoms in total. The fraction of sp³-hybridized carbons (Fsp3) is 0.400. The minimum atomic E-state index is -0.543. The lowest BCUT2D eigenvalue weighted by Crippen LogP contribution is -2.34. The lowest BCUT2D eigenvalue weighted by Gasteiger charge is -2.25. The number of aliphatic hydroxyl groups is 1. The first-order valence-electron chi connectivity index (χ1n) is 4.36. The Balaban J connectivity index is 3.06. The van der Waals surface area contributed by atoms with Gasteiger partial charge in [-0.15, -0.1) is 0 Å². The molecule has 0 spiro atoms. The fourth-order valence-corrected chi connectivity index (χ4v) is 2.45. The summed E-state index contributed by atoms with van der Waals surface area (Å²) in [6, 6.07) is 5.07. The van der Waals surface area contributed by atoms with E-state index in [1.807, 2.05) is 6.92 Å². The van der Waals surface area contributed by atoms with Crippen LogP contribution in [-0.2, 0) is 5.54 Å². The topological polar surface area (TPSA) is 66.5 Å². The smallest absolute Gasteiger partial charge is 0.116 e. The Labute approximate surface area is 97.1 Å². The average molecular weight is 307 g/mol. The number of phenols is 1. The molecule has 0 fully saturated rings. The Hall–Kier alpha value is -0.330. The molecular formula is C10H14INO2. The van der Waals surface area contributed by atoms with E-state index >= 15 is 0 Å². The zero-order valence-corrected chi connectivity index (χ0v) is 10.2. The van der Waals surface area contributed by atoms with Crippen molar-refractivity contribution in [2.75, 3.05) is 6.61 Å². The van der Waals surface area contributed by atoms with Gasteiger partial charge in [0.1, 0.15) is 5.75 Å². The number of aliphatic hydroxyl groups excluding tert-OH is 1. The molecule has 0 saturated heterocycles. The molecule has 0 aliphatic rings. The third-order valence-electron chi connectivity index (χ3n) is 2.20. The Morgan fingerprint density at radius 3 is 2.64 bits per heavy atom. The molecule has 0 aliphatic heterocycles. The maximum absolute atomic E-state index is 9.24. The lowest BCUT2D eigenvalue weighted by molar-refractivity contribution is 0.247. The van der Waals surface area contributed by atoms with Crippen molar-refractivity contribution >= 4 is 22.6 Å². The van der Waals surface area contributed by atoms with E-state index in [0.717, 1.165) is 9.13 Å². The van der Waals surface area contributed by atoms with Crippen LogP contribution in [0.4, 0.5) is 0 Å². The Morgan fingerprint density at radius 1 is 1.50 bits per heavy atom. The number of benzene rings is 1. The van der Waals surface area contributed by atoms with E-state index in [0.29, 0.717) is 6.42 Å². The normalized spacial score (nSPS) is 15.1. The van der Waals surface area contributed by atoms with E-state index in [4.69, 9.17) is 10.8 Å². The molecule has 0 aliphatic carbocycles. The van der Waals surface area contributed by atoms with Crippen LogP contribution in [0.5, 0.6) is 5.75 Å². The summed E-state index contributed by atoms with van der Waals surface area (Å²) in [5.41, 5.74) is 6.46. The number of hydrogen-bond acceptors (Lipinski definition) is 3. The molecule has 0 saturated carbocycles. The van der Waals surface area contributed by atoms with Crippen LogP contribution in [0.3, 0.4) is 0 Å². The Morgan fingerprint density at radius 2 is 2.14 bits per heavy atom. The van der Waals surface area contributed by atoms with Crippen LogP contribution in [0.25, 0.3) is 0 Å². The molecule has 0 amide bonds. The molecule has 1 atom stereocenters. The first-order chi connectivity index (χ1) is 6.47. The van der Waals surface area contributed by atoms with Crippen molar-refractivity contribution in [3.05, 3.63) is 27.3 Å². The molecule has 78 valence electrons. The van der Waals surface area contributed by atoms with E-state index < -0.39 is 5.54 Å². The van der Waals surface area contributed by atoms with Gasteiger partial charge in [0, 0.05) is 15.7 Å². The van der Waals surface area contributed by atoms with Crippen molar-refractivity contribution in [2.24, 2.45) is 5.73 Å². The molecule has 4 heteroatoms. The van der Waals surface area contributed by atoms with Crippen LogP contribution >= 0.6 is 22.6 Å². The molecular weight excluding hydrogens is 293 g/mol. The molecule has 0 heterocycles. The second-order valence-corrected chi connectivity index (χ2v) is 4.72. The van der Waals surface area contributed by atoms with Crippen LogP contribution < -0.4 is 5.73 Å². The summed E-state index contributed by atoms with van der Waals surface area (Å²) in [4.78, 5) is 0. The fourth-order valence-electron chi connectivity index (χ4n) is 1.33. The number of rotatable bonds is 3. The second kappa shape index (κ2) is 4.46. The van der Waals surface area contributed by atoms with Gasteiger partial charge in [-0.05, 0) is 53.6 Å². The third kappa shape index (κ3) is 2.59. The van der Waals surface area contributed by atoms with Crippen LogP contribution in [0.2, 0.25) is 0 Å². The zero-order chi connectivity index (χ0) is 10.8. The van der Waals surface area contributed by atoms with Gasteiger partial charge in [0.15, 0.2) is 0 Å². The number of hydrogen-bond donors (Lipinski definition) is 3. The van der Waals surface area contributed by atoms with Crippen molar-refractivity contribution in [1.29, 1.82) is 0 Å². The van der Waals surface area contributed by atoms with Crippen LogP contribution in [-0.4, -0.2) is 16.8 Å². The maximum atomic E-state index is 9.24. The molecule has 4 N–H and O–H groups in total. The summed E-state index contributed by atoms with van der Waals surface area (Å²) >= 11 is 2.13. The minimum Gasteiger partial charge on any atom is -0.508 e. The van der Waals surface area contributed by atoms with Gasteiger partial charge in [0.05, 0.1) is 0 Å². The molecule has 0 bridgehead atoms. The molecule has 0 unspecified atom stereocenters. The van der Waals surface area contributed by atoms with Gasteiger partial charge in [-0.3, -0.25) is 0 Å². The van der Waals surface area contributed by atoms with Crippen LogP contribution in [0, 0.1) is 3.57 Å². The van der Waals surface area contributed by atoms with Crippen molar-refractivity contribution in [3.8, 4) is 5.75 Å². The number of phenolic OH excluding ortho intramolecular Hbond substituents is 1. The molecule has 1 rings (SSSR count). The first-order valence-corrected chi connectivity index (χ1v) is 5.44. The maximum Gasteiger partial charge on any atom is 0.116 e. The van der Waals surface area contributed by atoms with Gasteiger partial charge in [0.2, 0.25) is 0 Å². The van der Waals surface area contributed by atoms with Crippen molar-refractivity contribution in [1.82, 2.24) is 0 Å². The van der Waals surface area contributed by atoms with Gasteiger partial charge >= 0.3 is 0 Å². The zero-order valence-electron chi connectivity index (χ0n) is 8.00. The van der Waals surface area contributed by atoms with E-state index in [2.05, 4.69) is 22.6 Å². The molecule has 0 radical (unpaired) electrons. The monoisotopic (exact) mass is 307 g/mol. The van der Waals surface area contributed by atoms with Gasteiger partial charge in [0.25, 0.3) is 0 Å². The summed E-state index contributed by atoms with van der Waals surface area (Å²) < 4.78 is 0.918. The van der Waals surface area contributed by atoms with Gasteiger partial charge in [-0.25, -0.2) is 0 Å². The molecule has 14 heavy (non-hydrogen) atoms. The highest BCUT2D eigenvalue weighted by atomic mass is 127. The Kier molecular flexibility index (Phi) is 3.74. The summed E-state index contributed by atoms with van der Waals surface area (Å²) in [6.45, 7) is 1.93. The molecule has 1 aromatic rings. The quantitative estimate of drug-likeness (QED) is 0.742. The highest BCUT2D eigenvalue weighted by molar-refractivity contribution is 14.1. The SMILES string of the molecule is C[C@](N)(CCO)c1ccc(O)cc1I. The Bertz CT molecular complexity index is 326. The highest BCUT2D eigenvalue weighted by Crippen LogP contribution is 2.28. The lowest BCUT2D eigenvalue weighted by atomic mass is 9.90. The van der Waals surface area contributed by atoms with E-state index in [1.54, 1.807) is 18.2 Å². The second-order valence-electron chi connectivity index (χ2n) is 3.56. The van der Waals surface area contributed by atoms with Gasteiger partial charge in [-0.2, -0.15) is 0 Å². The standard InChI is InChI=1S/C10H14INO2/c1-10(12,4-5-13)8-3-2-7(14)6-9(8)11/h2-3,6,13-14H,4-5,12H2,1H3/t10-/m0/s1. The van der Waals surface area contributed by atoms with Crippen molar-refractivity contribution < 1.29 is 10.2 Å². The van der Waals surface area contributed by atoms with Gasteiger partial charge < -0.3 is 15.9 Å². The van der Waals surface area contributed by atoms with E-state index in [-0.39, 0.29) is 12.4 Å². The van der Waals surface area contributed by atoms with E-state index in [1.165, 1.54) is 0 Å². The van der Waals surface area contributed by atoms with Gasteiger partial charge in [-0.1, -0.05) is 6.07 Å². The van der Waals surface area contributed by atoms with Crippen LogP contribution in [0.15, 0.2) is 18.2 Å². The third-order valence-corrected chi connectivity index (χ3v) is 3.09. The number of nitrogens with two attached hydrogens (primary N) is 1. The summed E-state index contributed by atoms with van der Waals surface area (Å²) in [5, 5.41) is 18.1. The molecule has 0 aromatic heterocycles. The average Bonchev–Trinajstić information content (AvgIpc) is 2.02. The largest absolute Gasteiger partial charge is 0.508 e. The predicted molar refractivity (Wildman–Crippen MR) is 64.1 cm³/mol. The predicted octanol–water partition coefficient (Wildman–Crippen LogP) is 1.55. The van der Waals surface area contributed by atoms with E-state index in [9.17, 15) is 5.11 Å². The summed E-state index contributed by atoms with van der Waals surface area (Å²) in [5.74, 6) is 0.234. The van der Waals surface area contributed by atoms with Crippen molar-refractivity contribution in [2.45, 2.75) is 18.9 Å². The summed E-state index contributed by atoms with van der Waals surface area (Å²) in [7, 11) is 0. The summed E-state index contributed by atoms with van der Waals surface area (Å²) in [6.07, 6.45) is 0.508. The van der Waals surface area contributed by atoms with Crippen LogP contribution in [0.1, 0.15) is 18.9 Å². The highest BCUT2D eigenvalue weighted by Gasteiger charge is 2.22. The minimum absolute atomic E-state index is 0.0595. The number of aromatic hydroxyl groups is 1.